The summed E-state index contributed by atoms with van der Waals surface area (Å²) in [6, 6.07) is 10.9. The van der Waals surface area contributed by atoms with Gasteiger partial charge in [-0.15, -0.1) is 0 Å². The van der Waals surface area contributed by atoms with E-state index in [2.05, 4.69) is 4.98 Å². The van der Waals surface area contributed by atoms with Crippen LogP contribution in [-0.2, 0) is 0 Å². The number of rotatable bonds is 1. The van der Waals surface area contributed by atoms with E-state index in [4.69, 9.17) is 11.6 Å². The molecule has 0 aliphatic rings. The van der Waals surface area contributed by atoms with Gasteiger partial charge in [0.25, 0.3) is 0 Å². The monoisotopic (exact) mass is 219 g/mol. The van der Waals surface area contributed by atoms with Crippen LogP contribution < -0.4 is 0 Å². The molecule has 0 aliphatic carbocycles. The zero-order valence-corrected chi connectivity index (χ0v) is 8.99. The van der Waals surface area contributed by atoms with Crippen LogP contribution in [0.3, 0.4) is 0 Å². The molecule has 3 heteroatoms. The molecule has 0 fully saturated rings. The predicted molar refractivity (Wildman–Crippen MR) is 61.1 cm³/mol. The molecule has 76 valence electrons. The summed E-state index contributed by atoms with van der Waals surface area (Å²) in [4.78, 5) is 4.28. The van der Waals surface area contributed by atoms with E-state index in [1.54, 1.807) is 19.1 Å². The van der Waals surface area contributed by atoms with Crippen molar-refractivity contribution >= 4 is 11.6 Å². The molecule has 1 N–H and O–H groups in total. The Labute approximate surface area is 93.2 Å². The maximum atomic E-state index is 9.36. The van der Waals surface area contributed by atoms with E-state index in [1.165, 1.54) is 0 Å². The van der Waals surface area contributed by atoms with E-state index in [-0.39, 0.29) is 5.75 Å². The highest BCUT2D eigenvalue weighted by Gasteiger charge is 2.02. The molecular formula is C12H10ClNO. The normalized spacial score (nSPS) is 10.3. The molecule has 0 aliphatic heterocycles. The number of nitrogens with zero attached hydrogens (tertiary/aromatic N) is 1. The van der Waals surface area contributed by atoms with Crippen molar-refractivity contribution in [2.24, 2.45) is 0 Å². The molecule has 0 saturated carbocycles. The summed E-state index contributed by atoms with van der Waals surface area (Å²) in [6.45, 7) is 1.77. The SMILES string of the molecule is Cc1nc(-c2cccc(Cl)c2)ccc1O. The number of hydrogen-bond acceptors (Lipinski definition) is 2. The average molecular weight is 220 g/mol. The van der Waals surface area contributed by atoms with Crippen molar-refractivity contribution in [2.45, 2.75) is 6.92 Å². The van der Waals surface area contributed by atoms with Gasteiger partial charge in [-0.3, -0.25) is 0 Å². The molecule has 0 saturated heterocycles. The van der Waals surface area contributed by atoms with E-state index in [1.807, 2.05) is 24.3 Å². The van der Waals surface area contributed by atoms with Crippen molar-refractivity contribution in [1.82, 2.24) is 4.98 Å². The molecule has 1 heterocycles. The fraction of sp³-hybridized carbons (Fsp3) is 0.0833. The van der Waals surface area contributed by atoms with Gasteiger partial charge in [-0.2, -0.15) is 0 Å². The first-order valence-electron chi connectivity index (χ1n) is 4.59. The topological polar surface area (TPSA) is 33.1 Å². The third kappa shape index (κ3) is 2.10. The first kappa shape index (κ1) is 9.99. The fourth-order valence-electron chi connectivity index (χ4n) is 1.36. The van der Waals surface area contributed by atoms with E-state index >= 15 is 0 Å². The number of benzene rings is 1. The highest BCUT2D eigenvalue weighted by Crippen LogP contribution is 2.23. The Morgan fingerprint density at radius 2 is 2.00 bits per heavy atom. The smallest absolute Gasteiger partial charge is 0.136 e. The summed E-state index contributed by atoms with van der Waals surface area (Å²) in [5.74, 6) is 0.209. The van der Waals surface area contributed by atoms with Crippen LogP contribution in [0.2, 0.25) is 5.02 Å². The molecule has 0 atom stereocenters. The van der Waals surface area contributed by atoms with Crippen LogP contribution in [-0.4, -0.2) is 10.1 Å². The van der Waals surface area contributed by atoms with E-state index in [0.29, 0.717) is 10.7 Å². The molecule has 0 amide bonds. The Morgan fingerprint density at radius 3 is 2.67 bits per heavy atom. The third-order valence-electron chi connectivity index (χ3n) is 2.18. The molecule has 2 nitrogen and oxygen atoms in total. The molecule has 2 aromatic rings. The standard InChI is InChI=1S/C12H10ClNO/c1-8-12(15)6-5-11(14-8)9-3-2-4-10(13)7-9/h2-7,15H,1H3. The molecule has 15 heavy (non-hydrogen) atoms. The van der Waals surface area contributed by atoms with Crippen LogP contribution in [0.1, 0.15) is 5.69 Å². The maximum absolute atomic E-state index is 9.36. The van der Waals surface area contributed by atoms with Gasteiger partial charge in [0.05, 0.1) is 11.4 Å². The number of aromatic hydroxyl groups is 1. The lowest BCUT2D eigenvalue weighted by molar-refractivity contribution is 0.468. The Bertz CT molecular complexity index is 497. The summed E-state index contributed by atoms with van der Waals surface area (Å²) in [5.41, 5.74) is 2.38. The minimum atomic E-state index is 0.209. The van der Waals surface area contributed by atoms with Gasteiger partial charge in [0, 0.05) is 10.6 Å². The molecular weight excluding hydrogens is 210 g/mol. The second kappa shape index (κ2) is 3.91. The molecule has 0 spiro atoms. The van der Waals surface area contributed by atoms with Gasteiger partial charge in [0.15, 0.2) is 0 Å². The highest BCUT2D eigenvalue weighted by atomic mass is 35.5. The van der Waals surface area contributed by atoms with Gasteiger partial charge in [-0.05, 0) is 31.2 Å². The molecule has 1 aromatic heterocycles. The molecule has 1 aromatic carbocycles. The number of aryl methyl sites for hydroxylation is 1. The zero-order chi connectivity index (χ0) is 10.8. The maximum Gasteiger partial charge on any atom is 0.136 e. The molecule has 0 radical (unpaired) electrons. The molecule has 2 rings (SSSR count). The zero-order valence-electron chi connectivity index (χ0n) is 8.24. The number of halogens is 1. The average Bonchev–Trinajstić information content (AvgIpc) is 2.22. The van der Waals surface area contributed by atoms with Gasteiger partial charge in [0.2, 0.25) is 0 Å². The largest absolute Gasteiger partial charge is 0.506 e. The van der Waals surface area contributed by atoms with Crippen LogP contribution in [0.15, 0.2) is 36.4 Å². The Morgan fingerprint density at radius 1 is 1.20 bits per heavy atom. The van der Waals surface area contributed by atoms with E-state index in [9.17, 15) is 5.11 Å². The van der Waals surface area contributed by atoms with Crippen LogP contribution in [0, 0.1) is 6.92 Å². The van der Waals surface area contributed by atoms with Gasteiger partial charge in [-0.1, -0.05) is 23.7 Å². The minimum absolute atomic E-state index is 0.209. The Hall–Kier alpha value is -1.54. The van der Waals surface area contributed by atoms with Crippen LogP contribution in [0.5, 0.6) is 5.75 Å². The first-order valence-corrected chi connectivity index (χ1v) is 4.97. The number of hydrogen-bond donors (Lipinski definition) is 1. The molecule has 0 unspecified atom stereocenters. The minimum Gasteiger partial charge on any atom is -0.506 e. The number of pyridine rings is 1. The summed E-state index contributed by atoms with van der Waals surface area (Å²) in [5, 5.41) is 10.0. The Kier molecular flexibility index (Phi) is 2.60. The van der Waals surface area contributed by atoms with Gasteiger partial charge < -0.3 is 5.11 Å². The fourth-order valence-corrected chi connectivity index (χ4v) is 1.55. The second-order valence-corrected chi connectivity index (χ2v) is 3.75. The molecule has 0 bridgehead atoms. The third-order valence-corrected chi connectivity index (χ3v) is 2.41. The Balaban J connectivity index is 2.50. The lowest BCUT2D eigenvalue weighted by Gasteiger charge is -2.03. The van der Waals surface area contributed by atoms with Crippen molar-refractivity contribution in [1.29, 1.82) is 0 Å². The van der Waals surface area contributed by atoms with Crippen molar-refractivity contribution < 1.29 is 5.11 Å². The summed E-state index contributed by atoms with van der Waals surface area (Å²) < 4.78 is 0. The lowest BCUT2D eigenvalue weighted by Crippen LogP contribution is -1.87. The van der Waals surface area contributed by atoms with Crippen LogP contribution in [0.25, 0.3) is 11.3 Å². The van der Waals surface area contributed by atoms with Crippen molar-refractivity contribution in [3.63, 3.8) is 0 Å². The lowest BCUT2D eigenvalue weighted by atomic mass is 10.1. The van der Waals surface area contributed by atoms with E-state index in [0.717, 1.165) is 11.3 Å². The predicted octanol–water partition coefficient (Wildman–Crippen LogP) is 3.42. The van der Waals surface area contributed by atoms with Crippen molar-refractivity contribution in [3.8, 4) is 17.0 Å². The summed E-state index contributed by atoms with van der Waals surface area (Å²) in [7, 11) is 0. The quantitative estimate of drug-likeness (QED) is 0.797. The summed E-state index contributed by atoms with van der Waals surface area (Å²) >= 11 is 5.89. The second-order valence-electron chi connectivity index (χ2n) is 3.31. The number of aromatic nitrogens is 1. The van der Waals surface area contributed by atoms with Crippen LogP contribution in [0.4, 0.5) is 0 Å². The van der Waals surface area contributed by atoms with Gasteiger partial charge >= 0.3 is 0 Å². The first-order chi connectivity index (χ1) is 7.16. The van der Waals surface area contributed by atoms with Crippen molar-refractivity contribution in [3.05, 3.63) is 47.1 Å². The highest BCUT2D eigenvalue weighted by molar-refractivity contribution is 6.30. The van der Waals surface area contributed by atoms with Gasteiger partial charge in [-0.25, -0.2) is 4.98 Å². The van der Waals surface area contributed by atoms with Crippen LogP contribution >= 0.6 is 11.6 Å². The van der Waals surface area contributed by atoms with E-state index < -0.39 is 0 Å². The van der Waals surface area contributed by atoms with Gasteiger partial charge in [0.1, 0.15) is 5.75 Å². The van der Waals surface area contributed by atoms with Crippen molar-refractivity contribution in [2.75, 3.05) is 0 Å². The summed E-state index contributed by atoms with van der Waals surface area (Å²) in [6.07, 6.45) is 0.